The Labute approximate surface area is 280 Å². The Balaban J connectivity index is 1.21. The van der Waals surface area contributed by atoms with Gasteiger partial charge in [-0.25, -0.2) is 0 Å². The van der Waals surface area contributed by atoms with Crippen molar-refractivity contribution in [3.8, 4) is 32.7 Å². The molecule has 0 bridgehead atoms. The lowest BCUT2D eigenvalue weighted by Crippen LogP contribution is -2.16. The van der Waals surface area contributed by atoms with Gasteiger partial charge in [0.2, 0.25) is 0 Å². The van der Waals surface area contributed by atoms with E-state index in [0.29, 0.717) is 0 Å². The van der Waals surface area contributed by atoms with Crippen molar-refractivity contribution in [2.24, 2.45) is 0 Å². The van der Waals surface area contributed by atoms with Gasteiger partial charge in [0.1, 0.15) is 0 Å². The van der Waals surface area contributed by atoms with E-state index < -0.39 is 0 Å². The SMILES string of the molecule is CC1(C)c2c(-c3cccc(N(c4ccc(-c5ccccc5)cc4)c4cccc5ccccc45)c3)cccc2-c2sc3ccccc3c21. The van der Waals surface area contributed by atoms with E-state index >= 15 is 0 Å². The van der Waals surface area contributed by atoms with E-state index in [0.717, 1.165) is 11.4 Å². The van der Waals surface area contributed by atoms with Crippen LogP contribution >= 0.6 is 11.3 Å². The molecular weight excluding hydrogens is 587 g/mol. The van der Waals surface area contributed by atoms with Crippen LogP contribution in [0.1, 0.15) is 25.0 Å². The van der Waals surface area contributed by atoms with Crippen LogP contribution in [-0.2, 0) is 5.41 Å². The summed E-state index contributed by atoms with van der Waals surface area (Å²) < 4.78 is 1.37. The fourth-order valence-corrected chi connectivity index (χ4v) is 9.11. The van der Waals surface area contributed by atoms with Crippen LogP contribution in [-0.4, -0.2) is 0 Å². The van der Waals surface area contributed by atoms with Crippen molar-refractivity contribution in [2.75, 3.05) is 4.90 Å². The van der Waals surface area contributed by atoms with Gasteiger partial charge in [-0.15, -0.1) is 11.3 Å². The molecule has 0 amide bonds. The molecule has 1 aliphatic carbocycles. The zero-order valence-corrected chi connectivity index (χ0v) is 27.3. The van der Waals surface area contributed by atoms with E-state index in [-0.39, 0.29) is 5.41 Å². The van der Waals surface area contributed by atoms with Gasteiger partial charge in [-0.05, 0) is 86.1 Å². The zero-order chi connectivity index (χ0) is 31.5. The lowest BCUT2D eigenvalue weighted by atomic mass is 9.78. The first-order valence-electron chi connectivity index (χ1n) is 16.3. The van der Waals surface area contributed by atoms with Gasteiger partial charge >= 0.3 is 0 Å². The molecule has 0 spiro atoms. The summed E-state index contributed by atoms with van der Waals surface area (Å²) in [7, 11) is 0. The highest BCUT2D eigenvalue weighted by atomic mass is 32.1. The van der Waals surface area contributed by atoms with Gasteiger partial charge < -0.3 is 4.90 Å². The van der Waals surface area contributed by atoms with Crippen molar-refractivity contribution in [1.29, 1.82) is 0 Å². The molecule has 1 nitrogen and oxygen atoms in total. The van der Waals surface area contributed by atoms with Crippen molar-refractivity contribution >= 4 is 49.3 Å². The maximum atomic E-state index is 2.42. The van der Waals surface area contributed by atoms with Crippen LogP contribution in [0.15, 0.2) is 164 Å². The van der Waals surface area contributed by atoms with Crippen molar-refractivity contribution in [1.82, 2.24) is 0 Å². The third kappa shape index (κ3) is 4.44. The molecule has 0 unspecified atom stereocenters. The van der Waals surface area contributed by atoms with Crippen molar-refractivity contribution < 1.29 is 0 Å². The van der Waals surface area contributed by atoms with Crippen LogP contribution in [0.25, 0.3) is 53.6 Å². The maximum Gasteiger partial charge on any atom is 0.0540 e. The highest BCUT2D eigenvalue weighted by molar-refractivity contribution is 7.22. The average Bonchev–Trinajstić information content (AvgIpc) is 3.63. The number of rotatable bonds is 5. The van der Waals surface area contributed by atoms with Crippen molar-refractivity contribution in [3.05, 3.63) is 175 Å². The third-order valence-electron chi connectivity index (χ3n) is 9.81. The lowest BCUT2D eigenvalue weighted by Gasteiger charge is -2.28. The van der Waals surface area contributed by atoms with Crippen molar-refractivity contribution in [2.45, 2.75) is 19.3 Å². The number of thiophene rings is 1. The van der Waals surface area contributed by atoms with E-state index in [4.69, 9.17) is 0 Å². The van der Waals surface area contributed by atoms with Gasteiger partial charge in [-0.1, -0.05) is 141 Å². The van der Waals surface area contributed by atoms with Gasteiger partial charge in [0.05, 0.1) is 5.69 Å². The molecule has 0 radical (unpaired) electrons. The topological polar surface area (TPSA) is 3.24 Å². The first-order chi connectivity index (χ1) is 23.1. The van der Waals surface area contributed by atoms with Crippen molar-refractivity contribution in [3.63, 3.8) is 0 Å². The predicted octanol–water partition coefficient (Wildman–Crippen LogP) is 13.2. The van der Waals surface area contributed by atoms with E-state index in [2.05, 4.69) is 183 Å². The number of anilines is 3. The maximum absolute atomic E-state index is 2.42. The number of nitrogens with zero attached hydrogens (tertiary/aromatic N) is 1. The summed E-state index contributed by atoms with van der Waals surface area (Å²) in [6.07, 6.45) is 0. The first kappa shape index (κ1) is 27.8. The Morgan fingerprint density at radius 1 is 0.468 bits per heavy atom. The zero-order valence-electron chi connectivity index (χ0n) is 26.4. The number of benzene rings is 7. The highest BCUT2D eigenvalue weighted by Gasteiger charge is 2.40. The predicted molar refractivity (Wildman–Crippen MR) is 202 cm³/mol. The minimum atomic E-state index is -0.112. The quantitative estimate of drug-likeness (QED) is 0.185. The smallest absolute Gasteiger partial charge is 0.0540 e. The van der Waals surface area contributed by atoms with E-state index in [1.54, 1.807) is 0 Å². The minimum absolute atomic E-state index is 0.112. The summed E-state index contributed by atoms with van der Waals surface area (Å²) >= 11 is 1.93. The monoisotopic (exact) mass is 619 g/mol. The molecule has 2 heteroatoms. The second-order valence-electron chi connectivity index (χ2n) is 13.0. The average molecular weight is 620 g/mol. The Morgan fingerprint density at radius 3 is 1.96 bits per heavy atom. The molecule has 1 aromatic heterocycles. The number of fused-ring (bicyclic) bond motifs is 6. The summed E-state index contributed by atoms with van der Waals surface area (Å²) in [5.41, 5.74) is 12.6. The van der Waals surface area contributed by atoms with E-state index in [1.807, 2.05) is 11.3 Å². The Kier molecular flexibility index (Phi) is 6.41. The summed E-state index contributed by atoms with van der Waals surface area (Å²) in [4.78, 5) is 3.83. The van der Waals surface area contributed by atoms with Crippen LogP contribution in [0.4, 0.5) is 17.1 Å². The van der Waals surface area contributed by atoms with Crippen LogP contribution in [0, 0.1) is 0 Å². The molecule has 224 valence electrons. The van der Waals surface area contributed by atoms with Crippen LogP contribution < -0.4 is 4.90 Å². The molecular formula is C45H33NS. The normalized spacial score (nSPS) is 13.1. The number of hydrogen-bond donors (Lipinski definition) is 0. The minimum Gasteiger partial charge on any atom is -0.310 e. The van der Waals surface area contributed by atoms with E-state index in [1.165, 1.54) is 70.4 Å². The summed E-state index contributed by atoms with van der Waals surface area (Å²) in [6, 6.07) is 59.7. The Hall–Kier alpha value is -5.44. The van der Waals surface area contributed by atoms with Gasteiger partial charge in [-0.2, -0.15) is 0 Å². The molecule has 0 aliphatic heterocycles. The molecule has 0 saturated carbocycles. The van der Waals surface area contributed by atoms with Crippen LogP contribution in [0.5, 0.6) is 0 Å². The van der Waals surface area contributed by atoms with Crippen LogP contribution in [0.2, 0.25) is 0 Å². The summed E-state index contributed by atoms with van der Waals surface area (Å²) in [5.74, 6) is 0. The fourth-order valence-electron chi connectivity index (χ4n) is 7.71. The Morgan fingerprint density at radius 2 is 1.11 bits per heavy atom. The third-order valence-corrected chi connectivity index (χ3v) is 11.0. The molecule has 1 aliphatic rings. The van der Waals surface area contributed by atoms with Gasteiger partial charge in [-0.3, -0.25) is 0 Å². The molecule has 0 fully saturated rings. The molecule has 0 N–H and O–H groups in total. The first-order valence-corrected chi connectivity index (χ1v) is 17.1. The summed E-state index contributed by atoms with van der Waals surface area (Å²) in [5, 5.41) is 3.84. The molecule has 0 atom stereocenters. The summed E-state index contributed by atoms with van der Waals surface area (Å²) in [6.45, 7) is 4.81. The van der Waals surface area contributed by atoms with Gasteiger partial charge in [0, 0.05) is 31.8 Å². The molecule has 0 saturated heterocycles. The fraction of sp³-hybridized carbons (Fsp3) is 0.0667. The number of hydrogen-bond acceptors (Lipinski definition) is 2. The molecule has 47 heavy (non-hydrogen) atoms. The lowest BCUT2D eigenvalue weighted by molar-refractivity contribution is 0.669. The largest absolute Gasteiger partial charge is 0.310 e. The highest BCUT2D eigenvalue weighted by Crippen LogP contribution is 2.57. The molecule has 1 heterocycles. The van der Waals surface area contributed by atoms with Gasteiger partial charge in [0.15, 0.2) is 0 Å². The molecule has 7 aromatic carbocycles. The van der Waals surface area contributed by atoms with E-state index in [9.17, 15) is 0 Å². The second kappa shape index (κ2) is 10.8. The second-order valence-corrected chi connectivity index (χ2v) is 14.0. The Bertz CT molecular complexity index is 2430. The van der Waals surface area contributed by atoms with Gasteiger partial charge in [0.25, 0.3) is 0 Å². The van der Waals surface area contributed by atoms with Crippen LogP contribution in [0.3, 0.4) is 0 Å². The molecule has 8 aromatic rings. The standard InChI is InChI=1S/C45H33NS/c1-45(2)42-37(21-12-22-39(42)44-43(45)38-20-8-9-24-41(38)47-44)33-17-10-18-35(29-33)46(40-23-11-16-32-15-6-7-19-36(32)40)34-27-25-31(26-28-34)30-13-4-3-5-14-30/h3-29H,1-2H3. The molecule has 9 rings (SSSR count).